The summed E-state index contributed by atoms with van der Waals surface area (Å²) in [5, 5.41) is 13.3. The van der Waals surface area contributed by atoms with Crippen LogP contribution in [0.4, 0.5) is 0 Å². The number of carboxylic acid groups (broad SMARTS) is 1. The van der Waals surface area contributed by atoms with Gasteiger partial charge in [-0.1, -0.05) is 30.3 Å². The molecule has 0 radical (unpaired) electrons. The number of aromatic nitrogens is 3. The first kappa shape index (κ1) is 10.5. The Morgan fingerprint density at radius 2 is 1.89 bits per heavy atom. The van der Waals surface area contributed by atoms with E-state index in [-0.39, 0.29) is 5.56 Å². The molecule has 0 aliphatic carbocycles. The predicted molar refractivity (Wildman–Crippen MR) is 65.4 cm³/mol. The molecule has 0 saturated heterocycles. The zero-order chi connectivity index (χ0) is 12.5. The van der Waals surface area contributed by atoms with Crippen LogP contribution in [-0.2, 0) is 0 Å². The van der Waals surface area contributed by atoms with Crippen molar-refractivity contribution in [1.82, 2.24) is 14.6 Å². The van der Waals surface area contributed by atoms with Gasteiger partial charge in [0.2, 0.25) is 0 Å². The van der Waals surface area contributed by atoms with Gasteiger partial charge < -0.3 is 5.11 Å². The lowest BCUT2D eigenvalue weighted by atomic mass is 10.2. The van der Waals surface area contributed by atoms with Gasteiger partial charge in [-0.15, -0.1) is 5.10 Å². The SMILES string of the molecule is O=C(O)c1cccn2nc(-c3ccccc3)nc12. The molecule has 3 rings (SSSR count). The minimum absolute atomic E-state index is 0.146. The Bertz CT molecular complexity index is 719. The number of fused-ring (bicyclic) bond motifs is 1. The molecule has 0 unspecified atom stereocenters. The number of rotatable bonds is 2. The first-order valence-electron chi connectivity index (χ1n) is 5.40. The van der Waals surface area contributed by atoms with E-state index in [1.807, 2.05) is 30.3 Å². The van der Waals surface area contributed by atoms with Crippen molar-refractivity contribution in [3.63, 3.8) is 0 Å². The topological polar surface area (TPSA) is 67.5 Å². The van der Waals surface area contributed by atoms with Crippen LogP contribution in [-0.4, -0.2) is 25.7 Å². The van der Waals surface area contributed by atoms with Crippen LogP contribution in [0.5, 0.6) is 0 Å². The molecule has 88 valence electrons. The van der Waals surface area contributed by atoms with E-state index in [0.717, 1.165) is 5.56 Å². The van der Waals surface area contributed by atoms with E-state index < -0.39 is 5.97 Å². The maximum Gasteiger partial charge on any atom is 0.339 e. The lowest BCUT2D eigenvalue weighted by molar-refractivity contribution is 0.0698. The Kier molecular flexibility index (Phi) is 2.30. The summed E-state index contributed by atoms with van der Waals surface area (Å²) in [7, 11) is 0. The van der Waals surface area contributed by atoms with Crippen molar-refractivity contribution in [3.8, 4) is 11.4 Å². The summed E-state index contributed by atoms with van der Waals surface area (Å²) in [6.45, 7) is 0. The Balaban J connectivity index is 2.23. The van der Waals surface area contributed by atoms with E-state index in [2.05, 4.69) is 10.1 Å². The minimum atomic E-state index is -1.01. The Morgan fingerprint density at radius 3 is 2.61 bits per heavy atom. The molecule has 0 saturated carbocycles. The third-order valence-corrected chi connectivity index (χ3v) is 2.62. The van der Waals surface area contributed by atoms with Gasteiger partial charge in [-0.25, -0.2) is 14.3 Å². The molecule has 1 aromatic carbocycles. The molecule has 0 aliphatic rings. The number of benzene rings is 1. The molecular formula is C13H9N3O2. The molecule has 0 fully saturated rings. The van der Waals surface area contributed by atoms with Crippen molar-refractivity contribution in [3.05, 3.63) is 54.2 Å². The van der Waals surface area contributed by atoms with Gasteiger partial charge in [0, 0.05) is 11.8 Å². The fourth-order valence-corrected chi connectivity index (χ4v) is 1.78. The third-order valence-electron chi connectivity index (χ3n) is 2.62. The van der Waals surface area contributed by atoms with Gasteiger partial charge in [0.25, 0.3) is 0 Å². The number of nitrogens with zero attached hydrogens (tertiary/aromatic N) is 3. The van der Waals surface area contributed by atoms with Crippen molar-refractivity contribution in [2.45, 2.75) is 0 Å². The Morgan fingerprint density at radius 1 is 1.11 bits per heavy atom. The second-order valence-corrected chi connectivity index (χ2v) is 3.80. The van der Waals surface area contributed by atoms with Gasteiger partial charge in [0.1, 0.15) is 5.56 Å². The molecule has 0 bridgehead atoms. The van der Waals surface area contributed by atoms with Crippen LogP contribution in [0, 0.1) is 0 Å². The first-order chi connectivity index (χ1) is 8.75. The third kappa shape index (κ3) is 1.62. The van der Waals surface area contributed by atoms with Gasteiger partial charge in [-0.2, -0.15) is 0 Å². The first-order valence-corrected chi connectivity index (χ1v) is 5.40. The van der Waals surface area contributed by atoms with Gasteiger partial charge in [0.15, 0.2) is 11.5 Å². The molecular weight excluding hydrogens is 230 g/mol. The van der Waals surface area contributed by atoms with Crippen molar-refractivity contribution in [1.29, 1.82) is 0 Å². The molecule has 2 heterocycles. The normalized spacial score (nSPS) is 10.7. The maximum absolute atomic E-state index is 11.1. The van der Waals surface area contributed by atoms with Crippen LogP contribution in [0.1, 0.15) is 10.4 Å². The summed E-state index contributed by atoms with van der Waals surface area (Å²) < 4.78 is 1.48. The summed E-state index contributed by atoms with van der Waals surface area (Å²) >= 11 is 0. The lowest BCUT2D eigenvalue weighted by Crippen LogP contribution is -2.00. The van der Waals surface area contributed by atoms with Crippen molar-refractivity contribution in [2.24, 2.45) is 0 Å². The second-order valence-electron chi connectivity index (χ2n) is 3.80. The van der Waals surface area contributed by atoms with Crippen molar-refractivity contribution >= 4 is 11.6 Å². The van der Waals surface area contributed by atoms with Gasteiger partial charge in [-0.3, -0.25) is 0 Å². The number of carboxylic acids is 1. The van der Waals surface area contributed by atoms with Crippen LogP contribution in [0.25, 0.3) is 17.0 Å². The molecule has 3 aromatic rings. The largest absolute Gasteiger partial charge is 0.478 e. The molecule has 1 N–H and O–H groups in total. The smallest absolute Gasteiger partial charge is 0.339 e. The summed E-state index contributed by atoms with van der Waals surface area (Å²) in [5.74, 6) is -0.489. The fraction of sp³-hybridized carbons (Fsp3) is 0. The average Bonchev–Trinajstić information content (AvgIpc) is 2.83. The van der Waals surface area contributed by atoms with E-state index >= 15 is 0 Å². The summed E-state index contributed by atoms with van der Waals surface area (Å²) in [6, 6.07) is 12.6. The molecule has 18 heavy (non-hydrogen) atoms. The summed E-state index contributed by atoms with van der Waals surface area (Å²) in [5.41, 5.74) is 1.36. The standard InChI is InChI=1S/C13H9N3O2/c17-13(18)10-7-4-8-16-12(10)14-11(15-16)9-5-2-1-3-6-9/h1-8H,(H,17,18). The average molecular weight is 239 g/mol. The number of aromatic carboxylic acids is 1. The zero-order valence-corrected chi connectivity index (χ0v) is 9.32. The van der Waals surface area contributed by atoms with E-state index in [9.17, 15) is 4.79 Å². The van der Waals surface area contributed by atoms with Crippen LogP contribution in [0.2, 0.25) is 0 Å². The molecule has 0 spiro atoms. The minimum Gasteiger partial charge on any atom is -0.478 e. The van der Waals surface area contributed by atoms with Crippen LogP contribution in [0.3, 0.4) is 0 Å². The number of carbonyl (C=O) groups is 1. The molecule has 0 aliphatic heterocycles. The van der Waals surface area contributed by atoms with Crippen LogP contribution in [0.15, 0.2) is 48.7 Å². The molecule has 0 amide bonds. The monoisotopic (exact) mass is 239 g/mol. The fourth-order valence-electron chi connectivity index (χ4n) is 1.78. The summed E-state index contributed by atoms with van der Waals surface area (Å²) in [4.78, 5) is 15.4. The highest BCUT2D eigenvalue weighted by molar-refractivity contribution is 5.94. The van der Waals surface area contributed by atoms with Crippen LogP contribution >= 0.6 is 0 Å². The zero-order valence-electron chi connectivity index (χ0n) is 9.32. The molecule has 5 nitrogen and oxygen atoms in total. The lowest BCUT2D eigenvalue weighted by Gasteiger charge is -1.94. The second kappa shape index (κ2) is 3.96. The maximum atomic E-state index is 11.1. The number of pyridine rings is 1. The molecule has 5 heteroatoms. The highest BCUT2D eigenvalue weighted by Crippen LogP contribution is 2.17. The molecule has 2 aromatic heterocycles. The number of hydrogen-bond donors (Lipinski definition) is 1. The van der Waals surface area contributed by atoms with Gasteiger partial charge in [-0.05, 0) is 12.1 Å². The van der Waals surface area contributed by atoms with Crippen LogP contribution < -0.4 is 0 Å². The van der Waals surface area contributed by atoms with E-state index in [1.54, 1.807) is 12.3 Å². The van der Waals surface area contributed by atoms with E-state index in [4.69, 9.17) is 5.11 Å². The predicted octanol–water partition coefficient (Wildman–Crippen LogP) is 2.09. The van der Waals surface area contributed by atoms with Gasteiger partial charge >= 0.3 is 5.97 Å². The van der Waals surface area contributed by atoms with Crippen molar-refractivity contribution < 1.29 is 9.90 Å². The van der Waals surface area contributed by atoms with Gasteiger partial charge in [0.05, 0.1) is 0 Å². The van der Waals surface area contributed by atoms with E-state index in [0.29, 0.717) is 11.5 Å². The molecule has 0 atom stereocenters. The Hall–Kier alpha value is -2.69. The summed E-state index contributed by atoms with van der Waals surface area (Å²) in [6.07, 6.45) is 1.68. The quantitative estimate of drug-likeness (QED) is 0.743. The Labute approximate surface area is 102 Å². The highest BCUT2D eigenvalue weighted by atomic mass is 16.4. The highest BCUT2D eigenvalue weighted by Gasteiger charge is 2.13. The number of hydrogen-bond acceptors (Lipinski definition) is 3. The van der Waals surface area contributed by atoms with Crippen molar-refractivity contribution in [2.75, 3.05) is 0 Å². The van der Waals surface area contributed by atoms with E-state index in [1.165, 1.54) is 10.6 Å².